The van der Waals surface area contributed by atoms with Gasteiger partial charge >= 0.3 is 0 Å². The molecule has 0 spiro atoms. The smallest absolute Gasteiger partial charge is 0.255 e. The van der Waals surface area contributed by atoms with Crippen molar-refractivity contribution >= 4 is 5.91 Å². The van der Waals surface area contributed by atoms with Crippen LogP contribution in [0.4, 0.5) is 0 Å². The van der Waals surface area contributed by atoms with Crippen molar-refractivity contribution < 1.29 is 9.53 Å². The van der Waals surface area contributed by atoms with Gasteiger partial charge < -0.3 is 14.6 Å². The highest BCUT2D eigenvalue weighted by atomic mass is 16.5. The zero-order valence-electron chi connectivity index (χ0n) is 10.8. The molecule has 2 heterocycles. The first-order chi connectivity index (χ1) is 9.25. The third-order valence-corrected chi connectivity index (χ3v) is 4.02. The van der Waals surface area contributed by atoms with Gasteiger partial charge in [-0.3, -0.25) is 9.59 Å². The second kappa shape index (κ2) is 5.17. The van der Waals surface area contributed by atoms with Gasteiger partial charge in [-0.25, -0.2) is 0 Å². The summed E-state index contributed by atoms with van der Waals surface area (Å²) in [5, 5.41) is 0. The number of nitrogens with zero attached hydrogens (tertiary/aromatic N) is 1. The first kappa shape index (κ1) is 12.4. The van der Waals surface area contributed by atoms with E-state index in [1.165, 1.54) is 18.7 Å². The second-order valence-corrected chi connectivity index (χ2v) is 5.20. The minimum absolute atomic E-state index is 0.00329. The van der Waals surface area contributed by atoms with Gasteiger partial charge in [0.1, 0.15) is 0 Å². The van der Waals surface area contributed by atoms with Gasteiger partial charge in [-0.2, -0.15) is 0 Å². The van der Waals surface area contributed by atoms with E-state index in [-0.39, 0.29) is 23.6 Å². The van der Waals surface area contributed by atoms with Crippen molar-refractivity contribution in [2.45, 2.75) is 37.8 Å². The van der Waals surface area contributed by atoms with Gasteiger partial charge in [0.15, 0.2) is 0 Å². The highest BCUT2D eigenvalue weighted by Gasteiger charge is 2.36. The number of hydrogen-bond donors (Lipinski definition) is 1. The molecule has 1 amide bonds. The van der Waals surface area contributed by atoms with Crippen LogP contribution in [0.2, 0.25) is 0 Å². The Labute approximate surface area is 111 Å². The minimum Gasteiger partial charge on any atom is -0.374 e. The zero-order chi connectivity index (χ0) is 13.2. The van der Waals surface area contributed by atoms with Crippen LogP contribution in [-0.4, -0.2) is 41.1 Å². The monoisotopic (exact) mass is 262 g/mol. The van der Waals surface area contributed by atoms with Gasteiger partial charge in [-0.15, -0.1) is 0 Å². The van der Waals surface area contributed by atoms with Crippen molar-refractivity contribution in [2.75, 3.05) is 13.2 Å². The normalized spacial score (nSPS) is 26.8. The number of ether oxygens (including phenoxy) is 1. The van der Waals surface area contributed by atoms with E-state index in [4.69, 9.17) is 4.74 Å². The molecule has 0 unspecified atom stereocenters. The fourth-order valence-electron chi connectivity index (χ4n) is 3.06. The predicted molar refractivity (Wildman–Crippen MR) is 70.1 cm³/mol. The average Bonchev–Trinajstić information content (AvgIpc) is 2.47. The number of rotatable bonds is 1. The third kappa shape index (κ3) is 2.42. The Morgan fingerprint density at radius 1 is 1.32 bits per heavy atom. The average molecular weight is 262 g/mol. The molecule has 102 valence electrons. The number of nitrogens with one attached hydrogen (secondary N) is 1. The summed E-state index contributed by atoms with van der Waals surface area (Å²) in [6.45, 7) is 1.25. The minimum atomic E-state index is -0.186. The first-order valence-electron chi connectivity index (χ1n) is 6.87. The number of morpholine rings is 1. The Morgan fingerprint density at radius 2 is 2.16 bits per heavy atom. The number of aromatic nitrogens is 1. The number of hydrogen-bond acceptors (Lipinski definition) is 3. The Bertz CT molecular complexity index is 503. The lowest BCUT2D eigenvalue weighted by Crippen LogP contribution is -2.54. The summed E-state index contributed by atoms with van der Waals surface area (Å²) in [5.41, 5.74) is 0.361. The fourth-order valence-corrected chi connectivity index (χ4v) is 3.06. The molecule has 0 radical (unpaired) electrons. The van der Waals surface area contributed by atoms with Crippen molar-refractivity contribution in [1.29, 1.82) is 0 Å². The Hall–Kier alpha value is -1.62. The molecule has 2 aliphatic rings. The van der Waals surface area contributed by atoms with Gasteiger partial charge in [0, 0.05) is 18.8 Å². The van der Waals surface area contributed by atoms with Crippen LogP contribution in [0.5, 0.6) is 0 Å². The molecule has 1 aliphatic heterocycles. The number of H-pyrrole nitrogens is 1. The topological polar surface area (TPSA) is 62.4 Å². The van der Waals surface area contributed by atoms with Crippen molar-refractivity contribution in [1.82, 2.24) is 9.88 Å². The molecule has 0 bridgehead atoms. The summed E-state index contributed by atoms with van der Waals surface area (Å²) < 4.78 is 5.77. The summed E-state index contributed by atoms with van der Waals surface area (Å²) in [7, 11) is 0. The van der Waals surface area contributed by atoms with E-state index >= 15 is 0 Å². The highest BCUT2D eigenvalue weighted by molar-refractivity contribution is 5.94. The first-order valence-corrected chi connectivity index (χ1v) is 6.87. The molecule has 1 aliphatic carbocycles. The predicted octanol–water partition coefficient (Wildman–Crippen LogP) is 1.16. The number of carbonyl (C=O) groups excluding carboxylic acids is 1. The maximum atomic E-state index is 12.5. The van der Waals surface area contributed by atoms with Crippen LogP contribution in [0.3, 0.4) is 0 Å². The van der Waals surface area contributed by atoms with Crippen LogP contribution >= 0.6 is 0 Å². The van der Waals surface area contributed by atoms with Crippen molar-refractivity contribution in [2.24, 2.45) is 0 Å². The van der Waals surface area contributed by atoms with Crippen molar-refractivity contribution in [3.8, 4) is 0 Å². The second-order valence-electron chi connectivity index (χ2n) is 5.20. The quantitative estimate of drug-likeness (QED) is 0.826. The molecule has 2 atom stereocenters. The van der Waals surface area contributed by atoms with Gasteiger partial charge in [0.2, 0.25) is 5.56 Å². The number of fused-ring (bicyclic) bond motifs is 1. The van der Waals surface area contributed by atoms with Crippen molar-refractivity contribution in [3.05, 3.63) is 34.2 Å². The number of aromatic amines is 1. The molecule has 3 rings (SSSR count). The lowest BCUT2D eigenvalue weighted by atomic mass is 9.90. The Kier molecular flexibility index (Phi) is 3.38. The molecular weight excluding hydrogens is 244 g/mol. The fraction of sp³-hybridized carbons (Fsp3) is 0.571. The van der Waals surface area contributed by atoms with Gasteiger partial charge in [0.25, 0.3) is 5.91 Å². The van der Waals surface area contributed by atoms with Crippen LogP contribution in [-0.2, 0) is 4.74 Å². The summed E-state index contributed by atoms with van der Waals surface area (Å²) >= 11 is 0. The summed E-state index contributed by atoms with van der Waals surface area (Å²) in [6.07, 6.45) is 6.08. The van der Waals surface area contributed by atoms with E-state index < -0.39 is 0 Å². The van der Waals surface area contributed by atoms with Crippen LogP contribution in [0, 0.1) is 0 Å². The van der Waals surface area contributed by atoms with Gasteiger partial charge in [-0.05, 0) is 18.9 Å². The van der Waals surface area contributed by atoms with Crippen LogP contribution in [0.15, 0.2) is 23.1 Å². The van der Waals surface area contributed by atoms with Crippen LogP contribution < -0.4 is 5.56 Å². The Balaban J connectivity index is 1.81. The lowest BCUT2D eigenvalue weighted by molar-refractivity contribution is -0.0752. The molecule has 0 aromatic carbocycles. The molecule has 5 nitrogen and oxygen atoms in total. The summed E-state index contributed by atoms with van der Waals surface area (Å²) in [5.74, 6) is -0.00329. The molecule has 1 aromatic heterocycles. The largest absolute Gasteiger partial charge is 0.374 e. The van der Waals surface area contributed by atoms with Gasteiger partial charge in [-0.1, -0.05) is 12.8 Å². The molecule has 1 saturated carbocycles. The van der Waals surface area contributed by atoms with E-state index in [1.54, 1.807) is 6.07 Å². The molecule has 19 heavy (non-hydrogen) atoms. The van der Waals surface area contributed by atoms with Crippen LogP contribution in [0.1, 0.15) is 36.0 Å². The maximum absolute atomic E-state index is 12.5. The number of carbonyl (C=O) groups is 1. The van der Waals surface area contributed by atoms with E-state index in [9.17, 15) is 9.59 Å². The molecule has 5 heteroatoms. The van der Waals surface area contributed by atoms with E-state index in [0.29, 0.717) is 18.7 Å². The summed E-state index contributed by atoms with van der Waals surface area (Å²) in [6, 6.07) is 3.18. The van der Waals surface area contributed by atoms with E-state index in [0.717, 1.165) is 19.3 Å². The lowest BCUT2D eigenvalue weighted by Gasteiger charge is -2.43. The van der Waals surface area contributed by atoms with Crippen LogP contribution in [0.25, 0.3) is 0 Å². The molecule has 2 fully saturated rings. The molecule has 1 saturated heterocycles. The molecular formula is C14H18N2O3. The SMILES string of the molecule is O=C(c1ccc(=O)[nH]c1)N1CCO[C@H]2CCCC[C@@H]21. The maximum Gasteiger partial charge on any atom is 0.255 e. The van der Waals surface area contributed by atoms with Gasteiger partial charge in [0.05, 0.1) is 24.3 Å². The third-order valence-electron chi connectivity index (χ3n) is 4.02. The Morgan fingerprint density at radius 3 is 2.95 bits per heavy atom. The highest BCUT2D eigenvalue weighted by Crippen LogP contribution is 2.29. The molecule has 1 aromatic rings. The molecule has 1 N–H and O–H groups in total. The standard InChI is InChI=1S/C14H18N2O3/c17-13-6-5-10(9-15-13)14(18)16-7-8-19-12-4-2-1-3-11(12)16/h5-6,9,11-12H,1-4,7-8H2,(H,15,17)/t11-,12-/m0/s1. The van der Waals surface area contributed by atoms with E-state index in [2.05, 4.69) is 4.98 Å². The summed E-state index contributed by atoms with van der Waals surface area (Å²) in [4.78, 5) is 28.0. The number of pyridine rings is 1. The van der Waals surface area contributed by atoms with E-state index in [1.807, 2.05) is 4.90 Å². The van der Waals surface area contributed by atoms with Crippen molar-refractivity contribution in [3.63, 3.8) is 0 Å². The number of amides is 1. The zero-order valence-corrected chi connectivity index (χ0v) is 10.8.